The van der Waals surface area contributed by atoms with E-state index in [1.165, 1.54) is 0 Å². The maximum atomic E-state index is 12.2. The van der Waals surface area contributed by atoms with Gasteiger partial charge >= 0.3 is 0 Å². The predicted octanol–water partition coefficient (Wildman–Crippen LogP) is 1.91. The Kier molecular flexibility index (Phi) is 3.94. The molecule has 1 aromatic heterocycles. The predicted molar refractivity (Wildman–Crippen MR) is 73.1 cm³/mol. The Labute approximate surface area is 114 Å². The van der Waals surface area contributed by atoms with Gasteiger partial charge in [0.2, 0.25) is 0 Å². The van der Waals surface area contributed by atoms with Crippen LogP contribution in [-0.4, -0.2) is 45.3 Å². The Morgan fingerprint density at radius 3 is 2.68 bits per heavy atom. The minimum absolute atomic E-state index is 0.136. The highest BCUT2D eigenvalue weighted by molar-refractivity contribution is 5.92. The molecule has 0 unspecified atom stereocenters. The summed E-state index contributed by atoms with van der Waals surface area (Å²) in [5.74, 6) is 0.182. The number of H-pyrrole nitrogens is 1. The molecule has 1 heterocycles. The van der Waals surface area contributed by atoms with Gasteiger partial charge in [0, 0.05) is 19.3 Å². The molecule has 0 aliphatic heterocycles. The summed E-state index contributed by atoms with van der Waals surface area (Å²) >= 11 is 0. The average Bonchev–Trinajstić information content (AvgIpc) is 2.97. The van der Waals surface area contributed by atoms with E-state index in [0.717, 1.165) is 31.4 Å². The molecule has 19 heavy (non-hydrogen) atoms. The Bertz CT molecular complexity index is 447. The van der Waals surface area contributed by atoms with E-state index in [1.54, 1.807) is 18.0 Å². The topological polar surface area (TPSA) is 69.2 Å². The van der Waals surface area contributed by atoms with Gasteiger partial charge in [-0.2, -0.15) is 5.10 Å². The zero-order valence-corrected chi connectivity index (χ0v) is 11.9. The summed E-state index contributed by atoms with van der Waals surface area (Å²) in [6.45, 7) is 4.48. The Hall–Kier alpha value is -1.36. The molecule has 106 valence electrons. The third-order valence-electron chi connectivity index (χ3n) is 3.85. The number of rotatable bonds is 4. The third kappa shape index (κ3) is 3.15. The lowest BCUT2D eigenvalue weighted by Gasteiger charge is -2.28. The molecule has 5 heteroatoms. The Morgan fingerprint density at radius 1 is 1.53 bits per heavy atom. The lowest BCUT2D eigenvalue weighted by Crippen LogP contribution is -2.42. The standard InChI is InChI=1S/C14H23N3O2/c1-10(2)11-8-12(16-15-11)13(18)17(3)9-14(19)6-4-5-7-14/h8,10,19H,4-7,9H2,1-3H3,(H,15,16). The molecular weight excluding hydrogens is 242 g/mol. The van der Waals surface area contributed by atoms with Gasteiger partial charge in [-0.25, -0.2) is 0 Å². The van der Waals surface area contributed by atoms with Crippen LogP contribution in [0, 0.1) is 0 Å². The summed E-state index contributed by atoms with van der Waals surface area (Å²) in [6.07, 6.45) is 3.64. The lowest BCUT2D eigenvalue weighted by molar-refractivity contribution is 0.0155. The molecule has 5 nitrogen and oxygen atoms in total. The van der Waals surface area contributed by atoms with Crippen LogP contribution in [0.2, 0.25) is 0 Å². The van der Waals surface area contributed by atoms with E-state index in [4.69, 9.17) is 0 Å². The summed E-state index contributed by atoms with van der Waals surface area (Å²) in [4.78, 5) is 13.8. The highest BCUT2D eigenvalue weighted by Gasteiger charge is 2.34. The van der Waals surface area contributed by atoms with Gasteiger partial charge in [-0.05, 0) is 24.8 Å². The monoisotopic (exact) mass is 265 g/mol. The number of carbonyl (C=O) groups excluding carboxylic acids is 1. The van der Waals surface area contributed by atoms with Crippen molar-refractivity contribution in [2.45, 2.75) is 51.0 Å². The van der Waals surface area contributed by atoms with Crippen molar-refractivity contribution < 1.29 is 9.90 Å². The largest absolute Gasteiger partial charge is 0.388 e. The molecule has 0 bridgehead atoms. The molecule has 1 fully saturated rings. The summed E-state index contributed by atoms with van der Waals surface area (Å²) in [5, 5.41) is 17.3. The van der Waals surface area contributed by atoms with Gasteiger partial charge in [-0.3, -0.25) is 9.89 Å². The van der Waals surface area contributed by atoms with E-state index in [9.17, 15) is 9.90 Å². The molecule has 0 saturated heterocycles. The number of aromatic nitrogens is 2. The molecule has 1 amide bonds. The van der Waals surface area contributed by atoms with E-state index in [2.05, 4.69) is 10.2 Å². The SMILES string of the molecule is CC(C)c1cc(C(=O)N(C)CC2(O)CCCC2)n[nH]1. The highest BCUT2D eigenvalue weighted by Crippen LogP contribution is 2.30. The normalized spacial score (nSPS) is 17.9. The van der Waals surface area contributed by atoms with E-state index in [0.29, 0.717) is 18.2 Å². The van der Waals surface area contributed by atoms with Crippen molar-refractivity contribution in [3.05, 3.63) is 17.5 Å². The fraction of sp³-hybridized carbons (Fsp3) is 0.714. The van der Waals surface area contributed by atoms with Crippen molar-refractivity contribution in [1.82, 2.24) is 15.1 Å². The van der Waals surface area contributed by atoms with Crippen LogP contribution in [-0.2, 0) is 0 Å². The van der Waals surface area contributed by atoms with Crippen molar-refractivity contribution >= 4 is 5.91 Å². The van der Waals surface area contributed by atoms with Gasteiger partial charge in [0.25, 0.3) is 5.91 Å². The minimum atomic E-state index is -0.707. The van der Waals surface area contributed by atoms with Gasteiger partial charge in [0.15, 0.2) is 0 Å². The van der Waals surface area contributed by atoms with Crippen molar-refractivity contribution in [2.75, 3.05) is 13.6 Å². The molecule has 2 N–H and O–H groups in total. The second-order valence-electron chi connectivity index (χ2n) is 5.96. The smallest absolute Gasteiger partial charge is 0.274 e. The van der Waals surface area contributed by atoms with Crippen LogP contribution >= 0.6 is 0 Å². The van der Waals surface area contributed by atoms with E-state index in [-0.39, 0.29) is 5.91 Å². The van der Waals surface area contributed by atoms with Gasteiger partial charge < -0.3 is 10.0 Å². The first-order valence-corrected chi connectivity index (χ1v) is 6.94. The molecule has 0 spiro atoms. The molecule has 1 aliphatic carbocycles. The first kappa shape index (κ1) is 14.1. The van der Waals surface area contributed by atoms with Crippen LogP contribution < -0.4 is 0 Å². The maximum Gasteiger partial charge on any atom is 0.274 e. The van der Waals surface area contributed by atoms with Crippen molar-refractivity contribution in [2.24, 2.45) is 0 Å². The number of hydrogen-bond acceptors (Lipinski definition) is 3. The molecular formula is C14H23N3O2. The van der Waals surface area contributed by atoms with Gasteiger partial charge in [-0.1, -0.05) is 26.7 Å². The number of hydrogen-bond donors (Lipinski definition) is 2. The molecule has 1 saturated carbocycles. The second-order valence-corrected chi connectivity index (χ2v) is 5.96. The quantitative estimate of drug-likeness (QED) is 0.873. The minimum Gasteiger partial charge on any atom is -0.388 e. The first-order chi connectivity index (χ1) is 8.91. The van der Waals surface area contributed by atoms with E-state index >= 15 is 0 Å². The summed E-state index contributed by atoms with van der Waals surface area (Å²) in [6, 6.07) is 1.79. The maximum absolute atomic E-state index is 12.2. The zero-order chi connectivity index (χ0) is 14.0. The van der Waals surface area contributed by atoms with E-state index < -0.39 is 5.60 Å². The van der Waals surface area contributed by atoms with Crippen LogP contribution in [0.15, 0.2) is 6.07 Å². The molecule has 0 aromatic carbocycles. The molecule has 2 rings (SSSR count). The lowest BCUT2D eigenvalue weighted by atomic mass is 10.0. The van der Waals surface area contributed by atoms with Crippen LogP contribution in [0.1, 0.15) is 61.6 Å². The fourth-order valence-corrected chi connectivity index (χ4v) is 2.64. The number of aromatic amines is 1. The summed E-state index contributed by atoms with van der Waals surface area (Å²) in [7, 11) is 1.72. The third-order valence-corrected chi connectivity index (χ3v) is 3.85. The highest BCUT2D eigenvalue weighted by atomic mass is 16.3. The zero-order valence-electron chi connectivity index (χ0n) is 11.9. The summed E-state index contributed by atoms with van der Waals surface area (Å²) in [5.41, 5.74) is 0.672. The Morgan fingerprint density at radius 2 is 2.16 bits per heavy atom. The first-order valence-electron chi connectivity index (χ1n) is 6.94. The van der Waals surface area contributed by atoms with Crippen molar-refractivity contribution in [3.63, 3.8) is 0 Å². The molecule has 0 radical (unpaired) electrons. The van der Waals surface area contributed by atoms with Crippen LogP contribution in [0.5, 0.6) is 0 Å². The van der Waals surface area contributed by atoms with Crippen LogP contribution in [0.4, 0.5) is 0 Å². The molecule has 1 aliphatic rings. The molecule has 1 aromatic rings. The Balaban J connectivity index is 2.01. The number of nitrogens with one attached hydrogen (secondary N) is 1. The number of amides is 1. The second kappa shape index (κ2) is 5.33. The van der Waals surface area contributed by atoms with Crippen LogP contribution in [0.25, 0.3) is 0 Å². The van der Waals surface area contributed by atoms with Gasteiger partial charge in [0.05, 0.1) is 5.60 Å². The fourth-order valence-electron chi connectivity index (χ4n) is 2.64. The van der Waals surface area contributed by atoms with Crippen molar-refractivity contribution in [1.29, 1.82) is 0 Å². The number of likely N-dealkylation sites (N-methyl/N-ethyl adjacent to an activating group) is 1. The van der Waals surface area contributed by atoms with Gasteiger partial charge in [0.1, 0.15) is 5.69 Å². The number of carbonyl (C=O) groups is 1. The van der Waals surface area contributed by atoms with Crippen LogP contribution in [0.3, 0.4) is 0 Å². The molecule has 0 atom stereocenters. The number of nitrogens with zero attached hydrogens (tertiary/aromatic N) is 2. The van der Waals surface area contributed by atoms with Gasteiger partial charge in [-0.15, -0.1) is 0 Å². The van der Waals surface area contributed by atoms with E-state index in [1.807, 2.05) is 13.8 Å². The average molecular weight is 265 g/mol. The summed E-state index contributed by atoms with van der Waals surface area (Å²) < 4.78 is 0. The number of aliphatic hydroxyl groups is 1. The van der Waals surface area contributed by atoms with Crippen molar-refractivity contribution in [3.8, 4) is 0 Å².